The Hall–Kier alpha value is -3.35. The van der Waals surface area contributed by atoms with Gasteiger partial charge in [0.15, 0.2) is 0 Å². The van der Waals surface area contributed by atoms with Crippen LogP contribution in [0.5, 0.6) is 5.88 Å². The second kappa shape index (κ2) is 8.84. The van der Waals surface area contributed by atoms with Crippen LogP contribution in [0.3, 0.4) is 0 Å². The highest BCUT2D eigenvalue weighted by Crippen LogP contribution is 2.15. The number of likely N-dealkylation sites (tertiary alicyclic amines) is 1. The lowest BCUT2D eigenvalue weighted by atomic mass is 10.2. The Kier molecular flexibility index (Phi) is 6.04. The van der Waals surface area contributed by atoms with Crippen LogP contribution in [0.15, 0.2) is 48.7 Å². The number of nitrogens with zero attached hydrogens (tertiary/aromatic N) is 2. The highest BCUT2D eigenvalue weighted by molar-refractivity contribution is 6.01. The largest absolute Gasteiger partial charge is 0.481 e. The molecule has 7 heteroatoms. The first-order chi connectivity index (χ1) is 13.1. The first kappa shape index (κ1) is 18.4. The van der Waals surface area contributed by atoms with Crippen molar-refractivity contribution in [1.82, 2.24) is 9.88 Å². The number of amides is 3. The van der Waals surface area contributed by atoms with E-state index in [1.54, 1.807) is 18.2 Å². The van der Waals surface area contributed by atoms with Gasteiger partial charge in [0.05, 0.1) is 19.0 Å². The highest BCUT2D eigenvalue weighted by Gasteiger charge is 2.17. The average molecular weight is 366 g/mol. The molecule has 2 aromatic rings. The lowest BCUT2D eigenvalue weighted by Gasteiger charge is -2.16. The van der Waals surface area contributed by atoms with Crippen LogP contribution in [0.25, 0.3) is 6.08 Å². The second-order valence-electron chi connectivity index (χ2n) is 6.16. The number of anilines is 2. The summed E-state index contributed by atoms with van der Waals surface area (Å²) in [7, 11) is 1.53. The summed E-state index contributed by atoms with van der Waals surface area (Å²) in [6.07, 6.45) is 6.81. The molecule has 3 amide bonds. The second-order valence-corrected chi connectivity index (χ2v) is 6.16. The molecule has 1 aromatic heterocycles. The average Bonchev–Trinajstić information content (AvgIpc) is 3.23. The zero-order valence-corrected chi connectivity index (χ0v) is 15.1. The van der Waals surface area contributed by atoms with Gasteiger partial charge in [0.25, 0.3) is 0 Å². The van der Waals surface area contributed by atoms with Crippen molar-refractivity contribution in [3.8, 4) is 5.88 Å². The number of nitrogens with one attached hydrogen (secondary N) is 2. The van der Waals surface area contributed by atoms with E-state index in [0.29, 0.717) is 11.6 Å². The van der Waals surface area contributed by atoms with Crippen molar-refractivity contribution < 1.29 is 14.3 Å². The van der Waals surface area contributed by atoms with E-state index in [-0.39, 0.29) is 11.9 Å². The third-order valence-corrected chi connectivity index (χ3v) is 4.20. The van der Waals surface area contributed by atoms with Gasteiger partial charge in [-0.3, -0.25) is 4.79 Å². The van der Waals surface area contributed by atoms with E-state index in [4.69, 9.17) is 4.74 Å². The van der Waals surface area contributed by atoms with Gasteiger partial charge in [-0.05, 0) is 42.7 Å². The van der Waals surface area contributed by atoms with E-state index < -0.39 is 0 Å². The number of hydrogen-bond acceptors (Lipinski definition) is 4. The fraction of sp³-hybridized carbons (Fsp3) is 0.250. The first-order valence-electron chi connectivity index (χ1n) is 8.79. The van der Waals surface area contributed by atoms with Crippen molar-refractivity contribution in [2.45, 2.75) is 12.8 Å². The third-order valence-electron chi connectivity index (χ3n) is 4.20. The molecule has 0 radical (unpaired) electrons. The van der Waals surface area contributed by atoms with Crippen molar-refractivity contribution in [2.24, 2.45) is 0 Å². The maximum Gasteiger partial charge on any atom is 0.321 e. The van der Waals surface area contributed by atoms with Crippen LogP contribution in [-0.2, 0) is 4.79 Å². The van der Waals surface area contributed by atoms with E-state index in [0.717, 1.165) is 37.2 Å². The van der Waals surface area contributed by atoms with Crippen LogP contribution in [0.4, 0.5) is 16.2 Å². The number of aromatic nitrogens is 1. The molecule has 27 heavy (non-hydrogen) atoms. The Bertz CT molecular complexity index is 810. The SMILES string of the molecule is COc1ccc(NC(=O)/C=C/c2ccc(NC(=O)N3CCCC3)cc2)cn1. The predicted octanol–water partition coefficient (Wildman–Crippen LogP) is 3.37. The van der Waals surface area contributed by atoms with Crippen molar-refractivity contribution in [2.75, 3.05) is 30.8 Å². The predicted molar refractivity (Wildman–Crippen MR) is 105 cm³/mol. The number of pyridine rings is 1. The van der Waals surface area contributed by atoms with Crippen molar-refractivity contribution in [3.05, 3.63) is 54.2 Å². The molecule has 140 valence electrons. The van der Waals surface area contributed by atoms with Crippen LogP contribution >= 0.6 is 0 Å². The van der Waals surface area contributed by atoms with Crippen LogP contribution < -0.4 is 15.4 Å². The number of urea groups is 1. The molecular formula is C20H22N4O3. The quantitative estimate of drug-likeness (QED) is 0.795. The smallest absolute Gasteiger partial charge is 0.321 e. The van der Waals surface area contributed by atoms with Crippen molar-refractivity contribution >= 4 is 29.4 Å². The normalized spacial score (nSPS) is 13.6. The van der Waals surface area contributed by atoms with Crippen LogP contribution in [-0.4, -0.2) is 42.0 Å². The van der Waals surface area contributed by atoms with E-state index in [1.165, 1.54) is 19.4 Å². The summed E-state index contributed by atoms with van der Waals surface area (Å²) in [5.74, 6) is 0.230. The Balaban J connectivity index is 1.52. The summed E-state index contributed by atoms with van der Waals surface area (Å²) in [6, 6.07) is 10.7. The molecule has 7 nitrogen and oxygen atoms in total. The van der Waals surface area contributed by atoms with Gasteiger partial charge in [0.1, 0.15) is 0 Å². The minimum absolute atomic E-state index is 0.0664. The van der Waals surface area contributed by atoms with Gasteiger partial charge in [-0.15, -0.1) is 0 Å². The minimum atomic E-state index is -0.256. The Labute approximate surface area is 158 Å². The van der Waals surface area contributed by atoms with E-state index >= 15 is 0 Å². The summed E-state index contributed by atoms with van der Waals surface area (Å²) in [6.45, 7) is 1.62. The first-order valence-corrected chi connectivity index (χ1v) is 8.79. The number of benzene rings is 1. The number of carbonyl (C=O) groups is 2. The fourth-order valence-electron chi connectivity index (χ4n) is 2.73. The zero-order valence-electron chi connectivity index (χ0n) is 15.1. The lowest BCUT2D eigenvalue weighted by molar-refractivity contribution is -0.111. The highest BCUT2D eigenvalue weighted by atomic mass is 16.5. The maximum atomic E-state index is 12.1. The molecule has 1 fully saturated rings. The van der Waals surface area contributed by atoms with Crippen molar-refractivity contribution in [1.29, 1.82) is 0 Å². The molecule has 1 saturated heterocycles. The van der Waals surface area contributed by atoms with E-state index in [9.17, 15) is 9.59 Å². The molecule has 0 unspecified atom stereocenters. The van der Waals surface area contributed by atoms with Gasteiger partial charge in [0.2, 0.25) is 11.8 Å². The van der Waals surface area contributed by atoms with Gasteiger partial charge in [0, 0.05) is 30.9 Å². The lowest BCUT2D eigenvalue weighted by Crippen LogP contribution is -2.32. The van der Waals surface area contributed by atoms with Gasteiger partial charge in [-0.1, -0.05) is 12.1 Å². The summed E-state index contributed by atoms with van der Waals surface area (Å²) in [4.78, 5) is 29.9. The summed E-state index contributed by atoms with van der Waals surface area (Å²) in [5.41, 5.74) is 2.18. The molecule has 0 atom stereocenters. The third kappa shape index (κ3) is 5.31. The molecule has 1 aliphatic rings. The monoisotopic (exact) mass is 366 g/mol. The standard InChI is InChI=1S/C20H22N4O3/c1-27-19-11-9-17(14-21-19)22-18(25)10-6-15-4-7-16(8-5-15)23-20(26)24-12-2-3-13-24/h4-11,14H,2-3,12-13H2,1H3,(H,22,25)(H,23,26)/b10-6+. The Morgan fingerprint density at radius 2 is 1.74 bits per heavy atom. The van der Waals surface area contributed by atoms with Crippen LogP contribution in [0.2, 0.25) is 0 Å². The molecule has 3 rings (SSSR count). The Morgan fingerprint density at radius 1 is 1.04 bits per heavy atom. The van der Waals surface area contributed by atoms with Crippen LogP contribution in [0, 0.1) is 0 Å². The van der Waals surface area contributed by atoms with Crippen LogP contribution in [0.1, 0.15) is 18.4 Å². The molecule has 2 N–H and O–H groups in total. The molecule has 2 heterocycles. The fourth-order valence-corrected chi connectivity index (χ4v) is 2.73. The van der Waals surface area contributed by atoms with E-state index in [1.807, 2.05) is 29.2 Å². The minimum Gasteiger partial charge on any atom is -0.481 e. The van der Waals surface area contributed by atoms with E-state index in [2.05, 4.69) is 15.6 Å². The van der Waals surface area contributed by atoms with Crippen molar-refractivity contribution in [3.63, 3.8) is 0 Å². The maximum absolute atomic E-state index is 12.1. The number of carbonyl (C=O) groups excluding carboxylic acids is 2. The van der Waals surface area contributed by atoms with Gasteiger partial charge >= 0.3 is 6.03 Å². The molecule has 1 aliphatic heterocycles. The number of ether oxygens (including phenoxy) is 1. The molecular weight excluding hydrogens is 344 g/mol. The molecule has 0 spiro atoms. The zero-order chi connectivity index (χ0) is 19.1. The molecule has 0 aliphatic carbocycles. The summed E-state index contributed by atoms with van der Waals surface area (Å²) >= 11 is 0. The summed E-state index contributed by atoms with van der Waals surface area (Å²) in [5, 5.41) is 5.61. The van der Waals surface area contributed by atoms with Gasteiger partial charge in [-0.2, -0.15) is 0 Å². The molecule has 1 aromatic carbocycles. The number of hydrogen-bond donors (Lipinski definition) is 2. The van der Waals surface area contributed by atoms with Gasteiger partial charge < -0.3 is 20.3 Å². The van der Waals surface area contributed by atoms with Gasteiger partial charge in [-0.25, -0.2) is 9.78 Å². The topological polar surface area (TPSA) is 83.6 Å². The molecule has 0 saturated carbocycles. The molecule has 0 bridgehead atoms. The Morgan fingerprint density at radius 3 is 2.37 bits per heavy atom. The summed E-state index contributed by atoms with van der Waals surface area (Å²) < 4.78 is 4.98. The number of rotatable bonds is 5. The number of methoxy groups -OCH3 is 1.